The quantitative estimate of drug-likeness (QED) is 0.822. The van der Waals surface area contributed by atoms with E-state index in [1.165, 1.54) is 4.90 Å². The van der Waals surface area contributed by atoms with E-state index < -0.39 is 0 Å². The summed E-state index contributed by atoms with van der Waals surface area (Å²) in [6.07, 6.45) is 3.62. The Labute approximate surface area is 118 Å². The van der Waals surface area contributed by atoms with Gasteiger partial charge in [0.2, 0.25) is 0 Å². The fourth-order valence-electron chi connectivity index (χ4n) is 1.70. The topological polar surface area (TPSA) is 51.8 Å². The molecule has 0 radical (unpaired) electrons. The van der Waals surface area contributed by atoms with Crippen molar-refractivity contribution in [1.29, 1.82) is 0 Å². The molecule has 0 spiro atoms. The second-order valence-electron chi connectivity index (χ2n) is 4.44. The van der Waals surface area contributed by atoms with Crippen molar-refractivity contribution in [3.63, 3.8) is 0 Å². The van der Waals surface area contributed by atoms with E-state index in [2.05, 4.69) is 29.0 Å². The van der Waals surface area contributed by atoms with Gasteiger partial charge in [-0.25, -0.2) is 9.97 Å². The number of benzene rings is 1. The smallest absolute Gasteiger partial charge is 0.138 e. The van der Waals surface area contributed by atoms with Crippen LogP contribution in [0.4, 0.5) is 0 Å². The third-order valence-electron chi connectivity index (χ3n) is 2.87. The molecule has 0 aliphatic heterocycles. The molecule has 0 bridgehead atoms. The Kier molecular flexibility index (Phi) is 5.36. The van der Waals surface area contributed by atoms with Gasteiger partial charge in [-0.15, -0.1) is 11.8 Å². The summed E-state index contributed by atoms with van der Waals surface area (Å²) < 4.78 is 0. The molecule has 0 fully saturated rings. The maximum Gasteiger partial charge on any atom is 0.138 e. The molecule has 2 aromatic rings. The Morgan fingerprint density at radius 2 is 2.00 bits per heavy atom. The van der Waals surface area contributed by atoms with E-state index in [1.54, 1.807) is 11.8 Å². The maximum atomic E-state index is 5.95. The average molecular weight is 273 g/mol. The van der Waals surface area contributed by atoms with E-state index in [9.17, 15) is 0 Å². The van der Waals surface area contributed by atoms with E-state index in [0.717, 1.165) is 30.1 Å². The first kappa shape index (κ1) is 14.0. The summed E-state index contributed by atoms with van der Waals surface area (Å²) in [7, 11) is 0. The Morgan fingerprint density at radius 1 is 1.21 bits per heavy atom. The molecule has 3 nitrogen and oxygen atoms in total. The van der Waals surface area contributed by atoms with E-state index in [1.807, 2.05) is 30.5 Å². The number of nitrogens with two attached hydrogens (primary N) is 1. The molecule has 100 valence electrons. The zero-order chi connectivity index (χ0) is 13.5. The van der Waals surface area contributed by atoms with Gasteiger partial charge in [0.15, 0.2) is 0 Å². The van der Waals surface area contributed by atoms with Crippen LogP contribution in [-0.4, -0.2) is 16.0 Å². The van der Waals surface area contributed by atoms with Gasteiger partial charge in [-0.2, -0.15) is 0 Å². The molecule has 0 saturated carbocycles. The lowest BCUT2D eigenvalue weighted by atomic mass is 10.1. The van der Waals surface area contributed by atoms with Gasteiger partial charge in [0.05, 0.1) is 5.75 Å². The molecule has 4 heteroatoms. The van der Waals surface area contributed by atoms with Gasteiger partial charge >= 0.3 is 0 Å². The summed E-state index contributed by atoms with van der Waals surface area (Å²) in [4.78, 5) is 10.1. The van der Waals surface area contributed by atoms with Crippen LogP contribution in [0.1, 0.15) is 24.9 Å². The van der Waals surface area contributed by atoms with Gasteiger partial charge in [0.1, 0.15) is 5.82 Å². The lowest BCUT2D eigenvalue weighted by Gasteiger charge is -2.08. The normalized spacial score (nSPS) is 12.3. The molecule has 1 aromatic carbocycles. The predicted octanol–water partition coefficient (Wildman–Crippen LogP) is 3.05. The fraction of sp³-hybridized carbons (Fsp3) is 0.333. The minimum absolute atomic E-state index is 0.185. The average Bonchev–Trinajstić information content (AvgIpc) is 2.46. The first-order valence-corrected chi connectivity index (χ1v) is 7.50. The third-order valence-corrected chi connectivity index (χ3v) is 3.88. The molecule has 1 unspecified atom stereocenters. The van der Waals surface area contributed by atoms with Crippen molar-refractivity contribution in [2.75, 3.05) is 0 Å². The zero-order valence-corrected chi connectivity index (χ0v) is 11.9. The van der Waals surface area contributed by atoms with Crippen molar-refractivity contribution in [3.05, 3.63) is 54.1 Å². The molecule has 1 aromatic heterocycles. The molecule has 19 heavy (non-hydrogen) atoms. The molecule has 2 N–H and O–H groups in total. The lowest BCUT2D eigenvalue weighted by Crippen LogP contribution is -2.22. The molecule has 2 rings (SSSR count). The number of hydrogen-bond acceptors (Lipinski definition) is 4. The number of nitrogens with zero attached hydrogens (tertiary/aromatic N) is 2. The minimum Gasteiger partial charge on any atom is -0.327 e. The number of hydrogen-bond donors (Lipinski definition) is 1. The summed E-state index contributed by atoms with van der Waals surface area (Å²) in [6, 6.07) is 12.4. The van der Waals surface area contributed by atoms with Crippen LogP contribution < -0.4 is 5.73 Å². The molecule has 0 aliphatic carbocycles. The highest BCUT2D eigenvalue weighted by molar-refractivity contribution is 7.98. The Balaban J connectivity index is 1.95. The van der Waals surface area contributed by atoms with E-state index in [0.29, 0.717) is 0 Å². The van der Waals surface area contributed by atoms with Gasteiger partial charge in [0.25, 0.3) is 0 Å². The van der Waals surface area contributed by atoms with Crippen LogP contribution in [0.3, 0.4) is 0 Å². The summed E-state index contributed by atoms with van der Waals surface area (Å²) in [5, 5.41) is 0. The molecule has 1 heterocycles. The number of aromatic nitrogens is 2. The van der Waals surface area contributed by atoms with E-state index >= 15 is 0 Å². The summed E-state index contributed by atoms with van der Waals surface area (Å²) >= 11 is 1.75. The third kappa shape index (κ3) is 4.65. The van der Waals surface area contributed by atoms with Crippen molar-refractivity contribution in [2.45, 2.75) is 36.5 Å². The van der Waals surface area contributed by atoms with Crippen LogP contribution in [-0.2, 0) is 12.2 Å². The first-order chi connectivity index (χ1) is 9.28. The van der Waals surface area contributed by atoms with Gasteiger partial charge in [-0.1, -0.05) is 25.1 Å². The van der Waals surface area contributed by atoms with E-state index in [4.69, 9.17) is 5.73 Å². The van der Waals surface area contributed by atoms with Crippen LogP contribution in [0.5, 0.6) is 0 Å². The Morgan fingerprint density at radius 3 is 2.74 bits per heavy atom. The summed E-state index contributed by atoms with van der Waals surface area (Å²) in [6.45, 7) is 2.10. The zero-order valence-electron chi connectivity index (χ0n) is 11.1. The molecule has 0 amide bonds. The van der Waals surface area contributed by atoms with E-state index in [-0.39, 0.29) is 6.04 Å². The standard InChI is InChI=1S/C15H19N3S/c1-2-12(16)10-13-8-9-17-15(18-13)11-19-14-6-4-3-5-7-14/h3-9,12H,2,10-11,16H2,1H3. The van der Waals surface area contributed by atoms with Crippen molar-refractivity contribution < 1.29 is 0 Å². The SMILES string of the molecule is CCC(N)Cc1ccnc(CSc2ccccc2)n1. The van der Waals surface area contributed by atoms with Crippen LogP contribution in [0.2, 0.25) is 0 Å². The van der Waals surface area contributed by atoms with Gasteiger partial charge < -0.3 is 5.73 Å². The maximum absolute atomic E-state index is 5.95. The molecule has 1 atom stereocenters. The van der Waals surface area contributed by atoms with Gasteiger partial charge in [-0.3, -0.25) is 0 Å². The highest BCUT2D eigenvalue weighted by atomic mass is 32.2. The van der Waals surface area contributed by atoms with Crippen LogP contribution >= 0.6 is 11.8 Å². The monoisotopic (exact) mass is 273 g/mol. The minimum atomic E-state index is 0.185. The number of rotatable bonds is 6. The second kappa shape index (κ2) is 7.26. The van der Waals surface area contributed by atoms with Crippen molar-refractivity contribution in [2.24, 2.45) is 5.73 Å². The largest absolute Gasteiger partial charge is 0.327 e. The van der Waals surface area contributed by atoms with Crippen molar-refractivity contribution >= 4 is 11.8 Å². The van der Waals surface area contributed by atoms with Crippen LogP contribution in [0.25, 0.3) is 0 Å². The highest BCUT2D eigenvalue weighted by Gasteiger charge is 2.05. The predicted molar refractivity (Wildman–Crippen MR) is 80.0 cm³/mol. The highest BCUT2D eigenvalue weighted by Crippen LogP contribution is 2.20. The Bertz CT molecular complexity index is 502. The van der Waals surface area contributed by atoms with Gasteiger partial charge in [-0.05, 0) is 24.6 Å². The van der Waals surface area contributed by atoms with Crippen molar-refractivity contribution in [3.8, 4) is 0 Å². The van der Waals surface area contributed by atoms with Gasteiger partial charge in [0, 0.05) is 29.2 Å². The Hall–Kier alpha value is -1.39. The van der Waals surface area contributed by atoms with Crippen LogP contribution in [0, 0.1) is 0 Å². The van der Waals surface area contributed by atoms with Crippen LogP contribution in [0.15, 0.2) is 47.5 Å². The second-order valence-corrected chi connectivity index (χ2v) is 5.49. The lowest BCUT2D eigenvalue weighted by molar-refractivity contribution is 0.634. The fourth-order valence-corrected chi connectivity index (χ4v) is 2.49. The van der Waals surface area contributed by atoms with Crippen molar-refractivity contribution in [1.82, 2.24) is 9.97 Å². The molecule has 0 aliphatic rings. The summed E-state index contributed by atoms with van der Waals surface area (Å²) in [5.41, 5.74) is 6.99. The molecular formula is C15H19N3S. The molecule has 0 saturated heterocycles. The molecular weight excluding hydrogens is 254 g/mol. The summed E-state index contributed by atoms with van der Waals surface area (Å²) in [5.74, 6) is 1.66. The number of thioether (sulfide) groups is 1. The first-order valence-electron chi connectivity index (χ1n) is 6.52.